The molecule has 17 heavy (non-hydrogen) atoms. The predicted octanol–water partition coefficient (Wildman–Crippen LogP) is 1.33. The maximum absolute atomic E-state index is 8.72. The maximum Gasteiger partial charge on any atom is 0.0638 e. The zero-order valence-corrected chi connectivity index (χ0v) is 11.4. The standard InChI is InChI=1S/C13H25N3O/c1-4-17-10-9-15-7-8-16(11-13(15)3)12(2)5-6-14/h12-13H,4-5,7-11H2,1-3H3/t12-,13+/m0/s1. The van der Waals surface area contributed by atoms with Crippen molar-refractivity contribution in [2.45, 2.75) is 39.3 Å². The summed E-state index contributed by atoms with van der Waals surface area (Å²) >= 11 is 0. The Kier molecular flexibility index (Phi) is 6.49. The fourth-order valence-electron chi connectivity index (χ4n) is 2.34. The third kappa shape index (κ3) is 4.63. The third-order valence-corrected chi connectivity index (χ3v) is 3.53. The van der Waals surface area contributed by atoms with E-state index < -0.39 is 0 Å². The molecule has 0 aromatic carbocycles. The second-order valence-corrected chi connectivity index (χ2v) is 4.79. The van der Waals surface area contributed by atoms with Gasteiger partial charge >= 0.3 is 0 Å². The normalized spacial score (nSPS) is 24.5. The van der Waals surface area contributed by atoms with Gasteiger partial charge in [0.1, 0.15) is 0 Å². The summed E-state index contributed by atoms with van der Waals surface area (Å²) in [6, 6.07) is 3.20. The molecule has 98 valence electrons. The van der Waals surface area contributed by atoms with Crippen molar-refractivity contribution >= 4 is 0 Å². The molecule has 1 aliphatic rings. The van der Waals surface area contributed by atoms with E-state index >= 15 is 0 Å². The van der Waals surface area contributed by atoms with Crippen LogP contribution in [0.2, 0.25) is 0 Å². The number of hydrogen-bond donors (Lipinski definition) is 0. The number of nitriles is 1. The van der Waals surface area contributed by atoms with Crippen LogP contribution in [-0.4, -0.2) is 61.3 Å². The van der Waals surface area contributed by atoms with Gasteiger partial charge in [-0.15, -0.1) is 0 Å². The van der Waals surface area contributed by atoms with E-state index in [-0.39, 0.29) is 0 Å². The van der Waals surface area contributed by atoms with Crippen LogP contribution in [0.5, 0.6) is 0 Å². The molecule has 2 atom stereocenters. The van der Waals surface area contributed by atoms with Crippen LogP contribution in [-0.2, 0) is 4.74 Å². The monoisotopic (exact) mass is 239 g/mol. The van der Waals surface area contributed by atoms with Crippen LogP contribution in [0.4, 0.5) is 0 Å². The first kappa shape index (κ1) is 14.4. The minimum absolute atomic E-state index is 0.386. The largest absolute Gasteiger partial charge is 0.380 e. The Hall–Kier alpha value is -0.630. The summed E-state index contributed by atoms with van der Waals surface area (Å²) in [5.41, 5.74) is 0. The number of ether oxygens (including phenoxy) is 1. The van der Waals surface area contributed by atoms with E-state index in [0.717, 1.165) is 39.4 Å². The molecule has 1 aliphatic heterocycles. The molecule has 0 spiro atoms. The highest BCUT2D eigenvalue weighted by Crippen LogP contribution is 2.13. The molecular formula is C13H25N3O. The van der Waals surface area contributed by atoms with Gasteiger partial charge < -0.3 is 4.74 Å². The average Bonchev–Trinajstić information content (AvgIpc) is 2.31. The van der Waals surface area contributed by atoms with Gasteiger partial charge in [-0.05, 0) is 20.8 Å². The van der Waals surface area contributed by atoms with Crippen molar-refractivity contribution in [3.05, 3.63) is 0 Å². The molecule has 4 nitrogen and oxygen atoms in total. The highest BCUT2D eigenvalue weighted by molar-refractivity contribution is 4.86. The van der Waals surface area contributed by atoms with Crippen molar-refractivity contribution in [3.8, 4) is 6.07 Å². The molecule has 1 heterocycles. The van der Waals surface area contributed by atoms with E-state index in [9.17, 15) is 0 Å². The first-order chi connectivity index (χ1) is 8.19. The van der Waals surface area contributed by atoms with Gasteiger partial charge in [0.25, 0.3) is 0 Å². The van der Waals surface area contributed by atoms with E-state index in [4.69, 9.17) is 10.00 Å². The summed E-state index contributed by atoms with van der Waals surface area (Å²) < 4.78 is 5.40. The van der Waals surface area contributed by atoms with Crippen LogP contribution in [0, 0.1) is 11.3 Å². The van der Waals surface area contributed by atoms with Crippen molar-refractivity contribution in [3.63, 3.8) is 0 Å². The minimum atomic E-state index is 0.386. The lowest BCUT2D eigenvalue weighted by Crippen LogP contribution is -2.54. The predicted molar refractivity (Wildman–Crippen MR) is 68.8 cm³/mol. The van der Waals surface area contributed by atoms with E-state index in [1.165, 1.54) is 0 Å². The lowest BCUT2D eigenvalue weighted by Gasteiger charge is -2.42. The fraction of sp³-hybridized carbons (Fsp3) is 0.923. The number of piperazine rings is 1. The summed E-state index contributed by atoms with van der Waals surface area (Å²) in [4.78, 5) is 4.90. The second kappa shape index (κ2) is 7.65. The van der Waals surface area contributed by atoms with Crippen LogP contribution in [0.25, 0.3) is 0 Å². The fourth-order valence-corrected chi connectivity index (χ4v) is 2.34. The molecule has 0 N–H and O–H groups in total. The molecule has 1 rings (SSSR count). The second-order valence-electron chi connectivity index (χ2n) is 4.79. The van der Waals surface area contributed by atoms with E-state index in [0.29, 0.717) is 18.5 Å². The smallest absolute Gasteiger partial charge is 0.0638 e. The Labute approximate surface area is 105 Å². The Morgan fingerprint density at radius 3 is 2.82 bits per heavy atom. The Balaban J connectivity index is 2.31. The molecule has 4 heteroatoms. The van der Waals surface area contributed by atoms with Crippen LogP contribution in [0.3, 0.4) is 0 Å². The number of hydrogen-bond acceptors (Lipinski definition) is 4. The van der Waals surface area contributed by atoms with Crippen LogP contribution < -0.4 is 0 Å². The van der Waals surface area contributed by atoms with Gasteiger partial charge in [0.15, 0.2) is 0 Å². The first-order valence-electron chi connectivity index (χ1n) is 6.61. The van der Waals surface area contributed by atoms with Crippen molar-refractivity contribution < 1.29 is 4.74 Å². The maximum atomic E-state index is 8.72. The molecule has 0 aliphatic carbocycles. The van der Waals surface area contributed by atoms with Gasteiger partial charge in [-0.2, -0.15) is 5.26 Å². The molecule has 0 saturated carbocycles. The highest BCUT2D eigenvalue weighted by Gasteiger charge is 2.25. The van der Waals surface area contributed by atoms with Crippen LogP contribution >= 0.6 is 0 Å². The van der Waals surface area contributed by atoms with Gasteiger partial charge in [0, 0.05) is 44.9 Å². The zero-order chi connectivity index (χ0) is 12.7. The van der Waals surface area contributed by atoms with Gasteiger partial charge in [0.2, 0.25) is 0 Å². The molecular weight excluding hydrogens is 214 g/mol. The molecule has 0 bridgehead atoms. The Morgan fingerprint density at radius 1 is 1.47 bits per heavy atom. The summed E-state index contributed by atoms with van der Waals surface area (Å²) in [5, 5.41) is 8.72. The first-order valence-corrected chi connectivity index (χ1v) is 6.61. The zero-order valence-electron chi connectivity index (χ0n) is 11.4. The van der Waals surface area contributed by atoms with Crippen molar-refractivity contribution in [1.29, 1.82) is 5.26 Å². The highest BCUT2D eigenvalue weighted by atomic mass is 16.5. The van der Waals surface area contributed by atoms with E-state index in [1.54, 1.807) is 0 Å². The van der Waals surface area contributed by atoms with Gasteiger partial charge in [-0.1, -0.05) is 0 Å². The Morgan fingerprint density at radius 2 is 2.24 bits per heavy atom. The van der Waals surface area contributed by atoms with Crippen LogP contribution in [0.15, 0.2) is 0 Å². The number of rotatable bonds is 6. The summed E-state index contributed by atoms with van der Waals surface area (Å²) in [6.07, 6.45) is 0.631. The molecule has 0 amide bonds. The topological polar surface area (TPSA) is 39.5 Å². The van der Waals surface area contributed by atoms with Crippen molar-refractivity contribution in [1.82, 2.24) is 9.80 Å². The van der Waals surface area contributed by atoms with Crippen molar-refractivity contribution in [2.24, 2.45) is 0 Å². The summed E-state index contributed by atoms with van der Waals surface area (Å²) in [5.74, 6) is 0. The molecule has 0 radical (unpaired) electrons. The van der Waals surface area contributed by atoms with E-state index in [2.05, 4.69) is 29.7 Å². The molecule has 0 aromatic rings. The molecule has 0 unspecified atom stereocenters. The summed E-state index contributed by atoms with van der Waals surface area (Å²) in [7, 11) is 0. The van der Waals surface area contributed by atoms with Gasteiger partial charge in [0.05, 0.1) is 19.1 Å². The van der Waals surface area contributed by atoms with Crippen LogP contribution in [0.1, 0.15) is 27.2 Å². The molecule has 1 fully saturated rings. The summed E-state index contributed by atoms with van der Waals surface area (Å²) in [6.45, 7) is 12.3. The number of nitrogens with zero attached hydrogens (tertiary/aromatic N) is 3. The van der Waals surface area contributed by atoms with Gasteiger partial charge in [-0.3, -0.25) is 9.80 Å². The SMILES string of the molecule is CCOCCN1CCN([C@@H](C)CC#N)C[C@H]1C. The lowest BCUT2D eigenvalue weighted by atomic mass is 10.1. The third-order valence-electron chi connectivity index (χ3n) is 3.53. The molecule has 0 aromatic heterocycles. The quantitative estimate of drug-likeness (QED) is 0.656. The lowest BCUT2D eigenvalue weighted by molar-refractivity contribution is 0.0360. The van der Waals surface area contributed by atoms with Gasteiger partial charge in [-0.25, -0.2) is 0 Å². The average molecular weight is 239 g/mol. The van der Waals surface area contributed by atoms with Crippen molar-refractivity contribution in [2.75, 3.05) is 39.4 Å². The Bertz CT molecular complexity index is 252. The van der Waals surface area contributed by atoms with E-state index in [1.807, 2.05) is 6.92 Å². The molecule has 1 saturated heterocycles. The minimum Gasteiger partial charge on any atom is -0.380 e.